The van der Waals surface area contributed by atoms with Crippen LogP contribution in [0.1, 0.15) is 38.1 Å². The second-order valence-electron chi connectivity index (χ2n) is 6.79. The average Bonchev–Trinajstić information content (AvgIpc) is 2.56. The lowest BCUT2D eigenvalue weighted by Crippen LogP contribution is -2.47. The van der Waals surface area contributed by atoms with E-state index >= 15 is 0 Å². The van der Waals surface area contributed by atoms with Gasteiger partial charge in [-0.15, -0.1) is 6.58 Å². The van der Waals surface area contributed by atoms with E-state index in [0.29, 0.717) is 6.54 Å². The van der Waals surface area contributed by atoms with Crippen LogP contribution < -0.4 is 10.0 Å². The SMILES string of the molecule is C=CCNS(=O)(=O)c1cccc(C(=O)N(CC)CC(=O)NC(C)(C)C)c1. The van der Waals surface area contributed by atoms with E-state index in [9.17, 15) is 18.0 Å². The van der Waals surface area contributed by atoms with E-state index in [-0.39, 0.29) is 29.5 Å². The first kappa shape index (κ1) is 21.9. The maximum absolute atomic E-state index is 12.7. The Kier molecular flexibility index (Phi) is 7.53. The molecule has 0 saturated carbocycles. The van der Waals surface area contributed by atoms with Crippen molar-refractivity contribution in [1.29, 1.82) is 0 Å². The van der Waals surface area contributed by atoms with E-state index in [0.717, 1.165) is 0 Å². The fourth-order valence-corrected chi connectivity index (χ4v) is 3.23. The van der Waals surface area contributed by atoms with Crippen molar-refractivity contribution in [3.8, 4) is 0 Å². The van der Waals surface area contributed by atoms with Gasteiger partial charge in [0.25, 0.3) is 5.91 Å². The van der Waals surface area contributed by atoms with E-state index in [1.807, 2.05) is 20.8 Å². The molecule has 2 amide bonds. The maximum atomic E-state index is 12.7. The van der Waals surface area contributed by atoms with Crippen LogP contribution in [0.5, 0.6) is 0 Å². The molecule has 0 atom stereocenters. The monoisotopic (exact) mass is 381 g/mol. The summed E-state index contributed by atoms with van der Waals surface area (Å²) in [6, 6.07) is 5.74. The van der Waals surface area contributed by atoms with Gasteiger partial charge in [-0.3, -0.25) is 9.59 Å². The Morgan fingerprint density at radius 2 is 1.92 bits per heavy atom. The summed E-state index contributed by atoms with van der Waals surface area (Å²) >= 11 is 0. The van der Waals surface area contributed by atoms with Crippen LogP contribution in [-0.4, -0.2) is 50.3 Å². The third-order valence-electron chi connectivity index (χ3n) is 3.33. The van der Waals surface area contributed by atoms with Crippen LogP contribution in [-0.2, 0) is 14.8 Å². The summed E-state index contributed by atoms with van der Waals surface area (Å²) in [5.74, 6) is -0.679. The quantitative estimate of drug-likeness (QED) is 0.668. The highest BCUT2D eigenvalue weighted by Gasteiger charge is 2.22. The Labute approximate surface area is 155 Å². The van der Waals surface area contributed by atoms with Gasteiger partial charge in [-0.2, -0.15) is 0 Å². The molecule has 0 radical (unpaired) electrons. The van der Waals surface area contributed by atoms with Crippen molar-refractivity contribution < 1.29 is 18.0 Å². The molecule has 0 aliphatic carbocycles. The standard InChI is InChI=1S/C18H27N3O4S/c1-6-11-19-26(24,25)15-10-8-9-14(12-15)17(23)21(7-2)13-16(22)20-18(3,4)5/h6,8-10,12,19H,1,7,11,13H2,2-5H3,(H,20,22). The molecule has 0 aliphatic heterocycles. The summed E-state index contributed by atoms with van der Waals surface area (Å²) in [6.07, 6.45) is 1.43. The number of sulfonamides is 1. The van der Waals surface area contributed by atoms with E-state index < -0.39 is 21.5 Å². The normalized spacial score (nSPS) is 11.7. The van der Waals surface area contributed by atoms with Crippen LogP contribution in [0.3, 0.4) is 0 Å². The number of likely N-dealkylation sites (N-methyl/N-ethyl adjacent to an activating group) is 1. The highest BCUT2D eigenvalue weighted by molar-refractivity contribution is 7.89. The van der Waals surface area contributed by atoms with Crippen LogP contribution in [0.4, 0.5) is 0 Å². The van der Waals surface area contributed by atoms with E-state index in [1.165, 1.54) is 35.2 Å². The summed E-state index contributed by atoms with van der Waals surface area (Å²) in [5.41, 5.74) is -0.193. The van der Waals surface area contributed by atoms with Crippen LogP contribution in [0.25, 0.3) is 0 Å². The highest BCUT2D eigenvalue weighted by atomic mass is 32.2. The molecule has 1 aromatic carbocycles. The summed E-state index contributed by atoms with van der Waals surface area (Å²) < 4.78 is 26.7. The molecule has 1 aromatic rings. The zero-order valence-corrected chi connectivity index (χ0v) is 16.5. The lowest BCUT2D eigenvalue weighted by molar-refractivity contribution is -0.123. The molecule has 26 heavy (non-hydrogen) atoms. The number of hydrogen-bond acceptors (Lipinski definition) is 4. The van der Waals surface area contributed by atoms with Gasteiger partial charge in [-0.05, 0) is 45.9 Å². The number of hydrogen-bond donors (Lipinski definition) is 2. The van der Waals surface area contributed by atoms with Crippen LogP contribution in [0.2, 0.25) is 0 Å². The Morgan fingerprint density at radius 1 is 1.27 bits per heavy atom. The molecule has 144 valence electrons. The molecule has 0 heterocycles. The first-order valence-corrected chi connectivity index (χ1v) is 9.79. The predicted molar refractivity (Wildman–Crippen MR) is 101 cm³/mol. The van der Waals surface area contributed by atoms with Crippen molar-refractivity contribution in [3.63, 3.8) is 0 Å². The van der Waals surface area contributed by atoms with Gasteiger partial charge >= 0.3 is 0 Å². The van der Waals surface area contributed by atoms with E-state index in [2.05, 4.69) is 16.6 Å². The zero-order chi connectivity index (χ0) is 20.0. The summed E-state index contributed by atoms with van der Waals surface area (Å²) in [6.45, 7) is 11.1. The van der Waals surface area contributed by atoms with Gasteiger partial charge in [0, 0.05) is 24.2 Å². The smallest absolute Gasteiger partial charge is 0.254 e. The molecule has 1 rings (SSSR count). The fraction of sp³-hybridized carbons (Fsp3) is 0.444. The molecule has 0 fully saturated rings. The summed E-state index contributed by atoms with van der Waals surface area (Å²) in [4.78, 5) is 26.1. The van der Waals surface area contributed by atoms with Gasteiger partial charge in [0.2, 0.25) is 15.9 Å². The third kappa shape index (κ3) is 6.61. The van der Waals surface area contributed by atoms with Gasteiger partial charge < -0.3 is 10.2 Å². The van der Waals surface area contributed by atoms with Gasteiger partial charge in [-0.25, -0.2) is 13.1 Å². The molecule has 7 nitrogen and oxygen atoms in total. The van der Waals surface area contributed by atoms with Crippen LogP contribution >= 0.6 is 0 Å². The lowest BCUT2D eigenvalue weighted by atomic mass is 10.1. The zero-order valence-electron chi connectivity index (χ0n) is 15.7. The van der Waals surface area contributed by atoms with Crippen molar-refractivity contribution in [2.24, 2.45) is 0 Å². The van der Waals surface area contributed by atoms with Gasteiger partial charge in [0.15, 0.2) is 0 Å². The Hall–Kier alpha value is -2.19. The van der Waals surface area contributed by atoms with Crippen LogP contribution in [0, 0.1) is 0 Å². The van der Waals surface area contributed by atoms with Crippen molar-refractivity contribution >= 4 is 21.8 Å². The molecule has 8 heteroatoms. The molecule has 0 bridgehead atoms. The van der Waals surface area contributed by atoms with Crippen molar-refractivity contribution in [3.05, 3.63) is 42.5 Å². The van der Waals surface area contributed by atoms with Crippen molar-refractivity contribution in [2.45, 2.75) is 38.1 Å². The Balaban J connectivity index is 2.99. The first-order chi connectivity index (χ1) is 12.0. The number of carbonyl (C=O) groups is 2. The third-order valence-corrected chi connectivity index (χ3v) is 4.75. The fourth-order valence-electron chi connectivity index (χ4n) is 2.19. The molecule has 0 saturated heterocycles. The minimum atomic E-state index is -3.73. The van der Waals surface area contributed by atoms with Crippen molar-refractivity contribution in [1.82, 2.24) is 14.9 Å². The van der Waals surface area contributed by atoms with E-state index in [4.69, 9.17) is 0 Å². The van der Waals surface area contributed by atoms with Crippen LogP contribution in [0.15, 0.2) is 41.8 Å². The predicted octanol–water partition coefficient (Wildman–Crippen LogP) is 1.53. The largest absolute Gasteiger partial charge is 0.350 e. The number of nitrogens with zero attached hydrogens (tertiary/aromatic N) is 1. The molecule has 0 unspecified atom stereocenters. The second-order valence-corrected chi connectivity index (χ2v) is 8.55. The molecule has 0 aliphatic rings. The Bertz CT molecular complexity index is 767. The van der Waals surface area contributed by atoms with Gasteiger partial charge in [0.1, 0.15) is 0 Å². The first-order valence-electron chi connectivity index (χ1n) is 8.31. The number of carbonyl (C=O) groups excluding carboxylic acids is 2. The Morgan fingerprint density at radius 3 is 2.46 bits per heavy atom. The second kappa shape index (κ2) is 8.95. The highest BCUT2D eigenvalue weighted by Crippen LogP contribution is 2.13. The topological polar surface area (TPSA) is 95.6 Å². The van der Waals surface area contributed by atoms with E-state index in [1.54, 1.807) is 6.92 Å². The summed E-state index contributed by atoms with van der Waals surface area (Å²) in [5, 5.41) is 2.80. The maximum Gasteiger partial charge on any atom is 0.254 e. The number of nitrogens with one attached hydrogen (secondary N) is 2. The number of benzene rings is 1. The van der Waals surface area contributed by atoms with Gasteiger partial charge in [-0.1, -0.05) is 12.1 Å². The van der Waals surface area contributed by atoms with Crippen molar-refractivity contribution in [2.75, 3.05) is 19.6 Å². The number of amides is 2. The van der Waals surface area contributed by atoms with Gasteiger partial charge in [0.05, 0.1) is 11.4 Å². The molecule has 0 aromatic heterocycles. The molecular weight excluding hydrogens is 354 g/mol. The molecule has 2 N–H and O–H groups in total. The average molecular weight is 381 g/mol. The number of rotatable bonds is 8. The minimum Gasteiger partial charge on any atom is -0.350 e. The lowest BCUT2D eigenvalue weighted by Gasteiger charge is -2.25. The minimum absolute atomic E-state index is 0.0135. The molecule has 0 spiro atoms. The summed E-state index contributed by atoms with van der Waals surface area (Å²) in [7, 11) is -3.73. The molecular formula is C18H27N3O4S.